The predicted octanol–water partition coefficient (Wildman–Crippen LogP) is 3.38. The van der Waals surface area contributed by atoms with Gasteiger partial charge in [-0.05, 0) is 50.3 Å². The minimum atomic E-state index is -0.695. The van der Waals surface area contributed by atoms with Gasteiger partial charge in [0.2, 0.25) is 5.91 Å². The molecule has 1 aromatic carbocycles. The summed E-state index contributed by atoms with van der Waals surface area (Å²) in [5, 5.41) is 9.86. The summed E-state index contributed by atoms with van der Waals surface area (Å²) in [6.45, 7) is 5.33. The molecule has 1 atom stereocenters. The van der Waals surface area contributed by atoms with Crippen molar-refractivity contribution in [1.29, 1.82) is 0 Å². The van der Waals surface area contributed by atoms with Crippen molar-refractivity contribution < 1.29 is 9.59 Å². The number of hydrogen-bond donors (Lipinski definition) is 2. The number of pyridine rings is 1. The first-order chi connectivity index (χ1) is 15.5. The molecule has 1 fully saturated rings. The number of piperidine rings is 1. The average molecular weight is 432 g/mol. The van der Waals surface area contributed by atoms with Crippen LogP contribution in [-0.2, 0) is 11.2 Å². The number of amides is 2. The summed E-state index contributed by atoms with van der Waals surface area (Å²) in [6.07, 6.45) is 7.22. The highest BCUT2D eigenvalue weighted by Gasteiger charge is 2.44. The van der Waals surface area contributed by atoms with Crippen LogP contribution in [-0.4, -0.2) is 51.5 Å². The maximum Gasteiger partial charge on any atom is 0.257 e. The second-order valence-corrected chi connectivity index (χ2v) is 8.45. The van der Waals surface area contributed by atoms with Crippen LogP contribution in [0.4, 0.5) is 0 Å². The zero-order valence-electron chi connectivity index (χ0n) is 18.6. The molecule has 0 unspecified atom stereocenters. The zero-order valence-corrected chi connectivity index (χ0v) is 18.6. The molecule has 1 aliphatic rings. The molecule has 0 bridgehead atoms. The van der Waals surface area contributed by atoms with E-state index < -0.39 is 5.41 Å². The normalized spacial score (nSPS) is 18.4. The smallest absolute Gasteiger partial charge is 0.257 e. The van der Waals surface area contributed by atoms with Crippen LogP contribution in [0.25, 0.3) is 11.1 Å². The molecule has 2 N–H and O–H groups in total. The third kappa shape index (κ3) is 4.28. The van der Waals surface area contributed by atoms with E-state index in [0.29, 0.717) is 31.6 Å². The molecular formula is C25H29N5O2. The maximum absolute atomic E-state index is 13.4. The summed E-state index contributed by atoms with van der Waals surface area (Å²) in [4.78, 5) is 32.7. The first kappa shape index (κ1) is 21.7. The number of aryl methyl sites for hydroxylation is 1. The van der Waals surface area contributed by atoms with E-state index in [1.54, 1.807) is 12.4 Å². The molecule has 2 aromatic heterocycles. The summed E-state index contributed by atoms with van der Waals surface area (Å²) in [5.74, 6) is -0.0763. The maximum atomic E-state index is 13.4. The van der Waals surface area contributed by atoms with Gasteiger partial charge in [-0.3, -0.25) is 19.7 Å². The molecular weight excluding hydrogens is 402 g/mol. The van der Waals surface area contributed by atoms with Crippen molar-refractivity contribution in [3.8, 4) is 11.1 Å². The van der Waals surface area contributed by atoms with E-state index in [1.807, 2.05) is 49.2 Å². The fraction of sp³-hybridized carbons (Fsp3) is 0.360. The summed E-state index contributed by atoms with van der Waals surface area (Å²) < 4.78 is 0. The van der Waals surface area contributed by atoms with Gasteiger partial charge >= 0.3 is 0 Å². The van der Waals surface area contributed by atoms with E-state index in [0.717, 1.165) is 35.2 Å². The van der Waals surface area contributed by atoms with Crippen molar-refractivity contribution in [2.45, 2.75) is 33.1 Å². The Labute approximate surface area is 188 Å². The Balaban J connectivity index is 1.69. The molecule has 7 nitrogen and oxygen atoms in total. The van der Waals surface area contributed by atoms with Gasteiger partial charge < -0.3 is 10.2 Å². The van der Waals surface area contributed by atoms with Gasteiger partial charge in [0.05, 0.1) is 17.2 Å². The van der Waals surface area contributed by atoms with E-state index in [-0.39, 0.29) is 11.8 Å². The van der Waals surface area contributed by atoms with Gasteiger partial charge in [0.25, 0.3) is 5.91 Å². The lowest BCUT2D eigenvalue weighted by Crippen LogP contribution is -2.54. The van der Waals surface area contributed by atoms with Crippen LogP contribution in [0.3, 0.4) is 0 Å². The largest absolute Gasteiger partial charge is 0.356 e. The highest BCUT2D eigenvalue weighted by atomic mass is 16.2. The molecule has 4 rings (SSSR count). The third-order valence-corrected chi connectivity index (χ3v) is 6.26. The van der Waals surface area contributed by atoms with Crippen LogP contribution < -0.4 is 5.32 Å². The van der Waals surface area contributed by atoms with Crippen molar-refractivity contribution in [1.82, 2.24) is 25.4 Å². The van der Waals surface area contributed by atoms with Crippen LogP contribution in [0.15, 0.2) is 55.0 Å². The minimum absolute atomic E-state index is 0.00223. The Morgan fingerprint density at radius 1 is 1.19 bits per heavy atom. The number of H-pyrrole nitrogens is 1. The summed E-state index contributed by atoms with van der Waals surface area (Å²) in [6, 6.07) is 12.1. The zero-order chi connectivity index (χ0) is 22.6. The number of benzene rings is 1. The van der Waals surface area contributed by atoms with E-state index in [9.17, 15) is 9.59 Å². The van der Waals surface area contributed by atoms with Crippen LogP contribution in [0.2, 0.25) is 0 Å². The fourth-order valence-electron chi connectivity index (χ4n) is 4.64. The van der Waals surface area contributed by atoms with Crippen molar-refractivity contribution >= 4 is 11.8 Å². The number of hydrogen-bond acceptors (Lipinski definition) is 4. The highest BCUT2D eigenvalue weighted by molar-refractivity contribution is 5.96. The number of carbonyl (C=O) groups excluding carboxylic acids is 2. The van der Waals surface area contributed by atoms with Crippen molar-refractivity contribution in [3.05, 3.63) is 71.8 Å². The summed E-state index contributed by atoms with van der Waals surface area (Å²) in [5.41, 5.74) is 3.78. The van der Waals surface area contributed by atoms with Crippen LogP contribution in [0.5, 0.6) is 0 Å². The average Bonchev–Trinajstić information content (AvgIpc) is 3.25. The number of aromatic nitrogens is 3. The van der Waals surface area contributed by atoms with Gasteiger partial charge in [0.1, 0.15) is 0 Å². The Morgan fingerprint density at radius 3 is 2.75 bits per heavy atom. The number of aromatic amines is 1. The number of likely N-dealkylation sites (tertiary alicyclic amines) is 1. The van der Waals surface area contributed by atoms with Gasteiger partial charge in [-0.25, -0.2) is 0 Å². The van der Waals surface area contributed by atoms with Gasteiger partial charge in [-0.15, -0.1) is 0 Å². The van der Waals surface area contributed by atoms with Crippen LogP contribution in [0.1, 0.15) is 41.4 Å². The molecule has 0 aliphatic carbocycles. The molecule has 3 heterocycles. The Kier molecular flexibility index (Phi) is 6.35. The second kappa shape index (κ2) is 9.34. The number of nitrogens with one attached hydrogen (secondary N) is 2. The SMILES string of the molecule is CCNC(=O)[C@@]1(Cc2ccccc2-c2cccnc2)CCCN(C(=O)c2cn[nH]c2C)C1. The molecule has 0 radical (unpaired) electrons. The molecule has 3 aromatic rings. The van der Waals surface area contributed by atoms with Crippen molar-refractivity contribution in [2.75, 3.05) is 19.6 Å². The first-order valence-electron chi connectivity index (χ1n) is 11.1. The summed E-state index contributed by atoms with van der Waals surface area (Å²) in [7, 11) is 0. The lowest BCUT2D eigenvalue weighted by molar-refractivity contribution is -0.133. The minimum Gasteiger partial charge on any atom is -0.356 e. The highest BCUT2D eigenvalue weighted by Crippen LogP contribution is 2.37. The van der Waals surface area contributed by atoms with E-state index in [1.165, 1.54) is 0 Å². The van der Waals surface area contributed by atoms with E-state index >= 15 is 0 Å². The number of rotatable bonds is 6. The summed E-state index contributed by atoms with van der Waals surface area (Å²) >= 11 is 0. The van der Waals surface area contributed by atoms with Crippen LogP contribution in [0, 0.1) is 12.3 Å². The van der Waals surface area contributed by atoms with Gasteiger partial charge in [0, 0.05) is 43.3 Å². The first-order valence-corrected chi connectivity index (χ1v) is 11.1. The monoisotopic (exact) mass is 431 g/mol. The molecule has 2 amide bonds. The van der Waals surface area contributed by atoms with Crippen molar-refractivity contribution in [3.63, 3.8) is 0 Å². The van der Waals surface area contributed by atoms with E-state index in [2.05, 4.69) is 32.6 Å². The molecule has 0 spiro atoms. The fourth-order valence-corrected chi connectivity index (χ4v) is 4.64. The van der Waals surface area contributed by atoms with E-state index in [4.69, 9.17) is 0 Å². The van der Waals surface area contributed by atoms with Gasteiger partial charge in [-0.2, -0.15) is 5.10 Å². The standard InChI is InChI=1S/C25H29N5O2/c1-3-27-24(32)25(11-7-13-30(17-25)23(31)22-16-28-29-18(22)2)14-19-8-4-5-10-21(19)20-9-6-12-26-15-20/h4-6,8-10,12,15-16H,3,7,11,13-14,17H2,1-2H3,(H,27,32)(H,28,29)/t25-/m1/s1. The molecule has 7 heteroatoms. The molecule has 0 saturated carbocycles. The number of nitrogens with zero attached hydrogens (tertiary/aromatic N) is 3. The quantitative estimate of drug-likeness (QED) is 0.626. The van der Waals surface area contributed by atoms with Gasteiger partial charge in [0.15, 0.2) is 0 Å². The molecule has 1 saturated heterocycles. The molecule has 1 aliphatic heterocycles. The topological polar surface area (TPSA) is 91.0 Å². The third-order valence-electron chi connectivity index (χ3n) is 6.26. The number of carbonyl (C=O) groups is 2. The van der Waals surface area contributed by atoms with Crippen molar-refractivity contribution in [2.24, 2.45) is 5.41 Å². The second-order valence-electron chi connectivity index (χ2n) is 8.45. The predicted molar refractivity (Wildman–Crippen MR) is 123 cm³/mol. The Bertz CT molecular complexity index is 1090. The van der Waals surface area contributed by atoms with Crippen LogP contribution >= 0.6 is 0 Å². The molecule has 166 valence electrons. The van der Waals surface area contributed by atoms with Gasteiger partial charge in [-0.1, -0.05) is 30.3 Å². The lowest BCUT2D eigenvalue weighted by Gasteiger charge is -2.42. The Morgan fingerprint density at radius 2 is 2.03 bits per heavy atom. The Hall–Kier alpha value is -3.48. The lowest BCUT2D eigenvalue weighted by atomic mass is 9.73. The molecule has 32 heavy (non-hydrogen) atoms.